The van der Waals surface area contributed by atoms with E-state index >= 15 is 0 Å². The van der Waals surface area contributed by atoms with Crippen molar-refractivity contribution >= 4 is 0 Å². The van der Waals surface area contributed by atoms with Gasteiger partial charge >= 0.3 is 0 Å². The second-order valence-corrected chi connectivity index (χ2v) is 6.61. The van der Waals surface area contributed by atoms with Gasteiger partial charge in [-0.3, -0.25) is 0 Å². The van der Waals surface area contributed by atoms with Crippen molar-refractivity contribution in [1.82, 2.24) is 5.32 Å². The maximum atomic E-state index is 3.72. The Hall–Kier alpha value is -0.820. The average molecular weight is 290 g/mol. The fourth-order valence-corrected chi connectivity index (χ4v) is 2.79. The molecule has 0 heterocycles. The van der Waals surface area contributed by atoms with Crippen molar-refractivity contribution in [2.45, 2.75) is 78.7 Å². The predicted octanol–water partition coefficient (Wildman–Crippen LogP) is 5.90. The molecule has 0 bridgehead atoms. The van der Waals surface area contributed by atoms with E-state index in [2.05, 4.69) is 57.3 Å². The van der Waals surface area contributed by atoms with Crippen LogP contribution < -0.4 is 5.32 Å². The first-order valence-corrected chi connectivity index (χ1v) is 8.99. The van der Waals surface area contributed by atoms with Gasteiger partial charge in [0.2, 0.25) is 0 Å². The summed E-state index contributed by atoms with van der Waals surface area (Å²) in [6, 6.07) is 9.65. The lowest BCUT2D eigenvalue weighted by atomic mass is 10.0. The average Bonchev–Trinajstić information content (AvgIpc) is 2.50. The fourth-order valence-electron chi connectivity index (χ4n) is 2.79. The molecule has 1 aromatic rings. The van der Waals surface area contributed by atoms with Crippen LogP contribution in [-0.4, -0.2) is 6.54 Å². The van der Waals surface area contributed by atoms with Crippen molar-refractivity contribution in [3.63, 3.8) is 0 Å². The van der Waals surface area contributed by atoms with Crippen LogP contribution in [0, 0.1) is 5.92 Å². The van der Waals surface area contributed by atoms with Crippen LogP contribution in [0.3, 0.4) is 0 Å². The van der Waals surface area contributed by atoms with Crippen LogP contribution in [0.2, 0.25) is 0 Å². The summed E-state index contributed by atoms with van der Waals surface area (Å²) in [7, 11) is 0. The standard InChI is InChI=1S/C20H35N/c1-5-18-12-14-19(15-13-18)20(6-2)21-16-10-8-7-9-11-17(3)4/h12-15,17,20-21H,5-11,16H2,1-4H3. The zero-order valence-electron chi connectivity index (χ0n) is 14.6. The van der Waals surface area contributed by atoms with Crippen molar-refractivity contribution in [3.8, 4) is 0 Å². The van der Waals surface area contributed by atoms with E-state index in [1.165, 1.54) is 49.7 Å². The third kappa shape index (κ3) is 7.66. The molecule has 0 saturated heterocycles. The molecule has 0 aliphatic rings. The first-order valence-electron chi connectivity index (χ1n) is 8.99. The molecule has 120 valence electrons. The highest BCUT2D eigenvalue weighted by atomic mass is 14.9. The van der Waals surface area contributed by atoms with E-state index in [-0.39, 0.29) is 0 Å². The summed E-state index contributed by atoms with van der Waals surface area (Å²) in [6.45, 7) is 10.3. The monoisotopic (exact) mass is 289 g/mol. The number of hydrogen-bond acceptors (Lipinski definition) is 1. The van der Waals surface area contributed by atoms with Crippen LogP contribution >= 0.6 is 0 Å². The molecule has 0 aliphatic heterocycles. The Morgan fingerprint density at radius 1 is 0.905 bits per heavy atom. The third-order valence-corrected chi connectivity index (χ3v) is 4.30. The molecule has 1 atom stereocenters. The van der Waals surface area contributed by atoms with Crippen molar-refractivity contribution in [2.24, 2.45) is 5.92 Å². The minimum absolute atomic E-state index is 0.520. The summed E-state index contributed by atoms with van der Waals surface area (Å²) < 4.78 is 0. The van der Waals surface area contributed by atoms with Crippen molar-refractivity contribution < 1.29 is 0 Å². The van der Waals surface area contributed by atoms with Gasteiger partial charge in [-0.05, 0) is 42.9 Å². The van der Waals surface area contributed by atoms with Crippen LogP contribution in [0.4, 0.5) is 0 Å². The topological polar surface area (TPSA) is 12.0 Å². The maximum Gasteiger partial charge on any atom is 0.0317 e. The summed E-state index contributed by atoms with van der Waals surface area (Å²) in [5, 5.41) is 3.72. The van der Waals surface area contributed by atoms with Crippen LogP contribution in [0.25, 0.3) is 0 Å². The highest BCUT2D eigenvalue weighted by Crippen LogP contribution is 2.18. The lowest BCUT2D eigenvalue weighted by Gasteiger charge is -2.18. The minimum atomic E-state index is 0.520. The Balaban J connectivity index is 2.21. The number of aryl methyl sites for hydroxylation is 1. The second kappa shape index (κ2) is 10.8. The molecule has 1 aromatic carbocycles. The van der Waals surface area contributed by atoms with Gasteiger partial charge in [0.05, 0.1) is 0 Å². The normalized spacial score (nSPS) is 12.8. The molecule has 1 unspecified atom stereocenters. The maximum absolute atomic E-state index is 3.72. The van der Waals surface area contributed by atoms with Crippen LogP contribution in [0.15, 0.2) is 24.3 Å². The van der Waals surface area contributed by atoms with Crippen molar-refractivity contribution in [1.29, 1.82) is 0 Å². The van der Waals surface area contributed by atoms with Crippen LogP contribution in [0.1, 0.15) is 83.4 Å². The summed E-state index contributed by atoms with van der Waals surface area (Å²) in [5.41, 5.74) is 2.87. The first-order chi connectivity index (χ1) is 10.2. The van der Waals surface area contributed by atoms with Gasteiger partial charge in [0, 0.05) is 6.04 Å². The molecule has 0 aliphatic carbocycles. The molecule has 0 fully saturated rings. The molecular formula is C20H35N. The van der Waals surface area contributed by atoms with Crippen molar-refractivity contribution in [2.75, 3.05) is 6.54 Å². The summed E-state index contributed by atoms with van der Waals surface area (Å²) in [5.74, 6) is 0.860. The number of unbranched alkanes of at least 4 members (excludes halogenated alkanes) is 3. The molecule has 0 radical (unpaired) electrons. The Kier molecular flexibility index (Phi) is 9.41. The van der Waals surface area contributed by atoms with Crippen LogP contribution in [-0.2, 0) is 6.42 Å². The predicted molar refractivity (Wildman–Crippen MR) is 94.8 cm³/mol. The zero-order chi connectivity index (χ0) is 15.5. The zero-order valence-corrected chi connectivity index (χ0v) is 14.6. The van der Waals surface area contributed by atoms with Gasteiger partial charge in [0.25, 0.3) is 0 Å². The summed E-state index contributed by atoms with van der Waals surface area (Å²) in [6.07, 6.45) is 9.14. The number of nitrogens with one attached hydrogen (secondary N) is 1. The SMILES string of the molecule is CCc1ccc(C(CC)NCCCCCCC(C)C)cc1. The van der Waals surface area contributed by atoms with E-state index < -0.39 is 0 Å². The summed E-state index contributed by atoms with van der Waals surface area (Å²) in [4.78, 5) is 0. The van der Waals surface area contributed by atoms with Gasteiger partial charge in [-0.2, -0.15) is 0 Å². The number of hydrogen-bond donors (Lipinski definition) is 1. The summed E-state index contributed by atoms with van der Waals surface area (Å²) >= 11 is 0. The molecule has 1 N–H and O–H groups in total. The molecule has 0 saturated carbocycles. The molecule has 0 amide bonds. The Morgan fingerprint density at radius 2 is 1.57 bits per heavy atom. The third-order valence-electron chi connectivity index (χ3n) is 4.30. The highest BCUT2D eigenvalue weighted by molar-refractivity contribution is 5.24. The largest absolute Gasteiger partial charge is 0.310 e. The van der Waals surface area contributed by atoms with E-state index in [1.807, 2.05) is 0 Å². The molecule has 0 aromatic heterocycles. The van der Waals surface area contributed by atoms with E-state index in [1.54, 1.807) is 0 Å². The van der Waals surface area contributed by atoms with Gasteiger partial charge in [0.15, 0.2) is 0 Å². The van der Waals surface area contributed by atoms with Gasteiger partial charge in [-0.15, -0.1) is 0 Å². The first kappa shape index (κ1) is 18.2. The van der Waals surface area contributed by atoms with E-state index in [4.69, 9.17) is 0 Å². The van der Waals surface area contributed by atoms with E-state index in [9.17, 15) is 0 Å². The Morgan fingerprint density at radius 3 is 2.14 bits per heavy atom. The van der Waals surface area contributed by atoms with Crippen LogP contribution in [0.5, 0.6) is 0 Å². The quantitative estimate of drug-likeness (QED) is 0.500. The van der Waals surface area contributed by atoms with E-state index in [0.29, 0.717) is 6.04 Å². The second-order valence-electron chi connectivity index (χ2n) is 6.61. The molecule has 0 spiro atoms. The van der Waals surface area contributed by atoms with Gasteiger partial charge < -0.3 is 5.32 Å². The minimum Gasteiger partial charge on any atom is -0.310 e. The highest BCUT2D eigenvalue weighted by Gasteiger charge is 2.07. The lowest BCUT2D eigenvalue weighted by molar-refractivity contribution is 0.480. The molecule has 1 heteroatoms. The lowest BCUT2D eigenvalue weighted by Crippen LogP contribution is -2.21. The Bertz CT molecular complexity index is 353. The molecule has 1 rings (SSSR count). The number of benzene rings is 1. The smallest absolute Gasteiger partial charge is 0.0317 e. The fraction of sp³-hybridized carbons (Fsp3) is 0.700. The Labute approximate surface area is 132 Å². The molecule has 1 nitrogen and oxygen atoms in total. The van der Waals surface area contributed by atoms with E-state index in [0.717, 1.165) is 18.9 Å². The van der Waals surface area contributed by atoms with Gasteiger partial charge in [-0.1, -0.05) is 77.6 Å². The number of rotatable bonds is 11. The van der Waals surface area contributed by atoms with Gasteiger partial charge in [-0.25, -0.2) is 0 Å². The van der Waals surface area contributed by atoms with Gasteiger partial charge in [0.1, 0.15) is 0 Å². The molecule has 21 heavy (non-hydrogen) atoms. The van der Waals surface area contributed by atoms with Crippen molar-refractivity contribution in [3.05, 3.63) is 35.4 Å². The molecular weight excluding hydrogens is 254 g/mol.